The molecule has 0 saturated heterocycles. The van der Waals surface area contributed by atoms with E-state index >= 15 is 0 Å². The largest absolute Gasteiger partial charge is 0.415 e. The number of hydrogen-bond donors (Lipinski definition) is 1. The monoisotopic (exact) mass is 527 g/mol. The Morgan fingerprint density at radius 1 is 0.816 bits per heavy atom. The van der Waals surface area contributed by atoms with Crippen molar-refractivity contribution in [3.8, 4) is 11.1 Å². The van der Waals surface area contributed by atoms with Gasteiger partial charge in [0.1, 0.15) is 5.78 Å². The van der Waals surface area contributed by atoms with Gasteiger partial charge in [0, 0.05) is 24.5 Å². The molecule has 4 heteroatoms. The Kier molecular flexibility index (Phi) is 7.91. The van der Waals surface area contributed by atoms with E-state index in [-0.39, 0.29) is 22.3 Å². The first-order chi connectivity index (χ1) is 17.8. The number of ketones is 1. The van der Waals surface area contributed by atoms with E-state index in [0.29, 0.717) is 13.0 Å². The van der Waals surface area contributed by atoms with Crippen LogP contribution in [0.25, 0.3) is 11.1 Å². The van der Waals surface area contributed by atoms with E-state index in [4.69, 9.17) is 4.43 Å². The molecule has 0 heterocycles. The summed E-state index contributed by atoms with van der Waals surface area (Å²) < 4.78 is 6.81. The van der Waals surface area contributed by atoms with Crippen LogP contribution in [-0.2, 0) is 14.8 Å². The van der Waals surface area contributed by atoms with Crippen molar-refractivity contribution in [2.45, 2.75) is 84.1 Å². The van der Waals surface area contributed by atoms with Gasteiger partial charge in [0.2, 0.25) is 0 Å². The average molecular weight is 528 g/mol. The van der Waals surface area contributed by atoms with E-state index in [1.165, 1.54) is 27.8 Å². The second-order valence-corrected chi connectivity index (χ2v) is 18.1. The van der Waals surface area contributed by atoms with Crippen LogP contribution in [0, 0.1) is 5.41 Å². The molecule has 3 aromatic carbocycles. The lowest BCUT2D eigenvalue weighted by atomic mass is 9.79. The lowest BCUT2D eigenvalue weighted by Crippen LogP contribution is -2.52. The normalized spacial score (nSPS) is 15.6. The summed E-state index contributed by atoms with van der Waals surface area (Å²) in [6.07, 6.45) is 1.25. The van der Waals surface area contributed by atoms with Gasteiger partial charge in [-0.25, -0.2) is 0 Å². The van der Waals surface area contributed by atoms with E-state index in [1.807, 2.05) is 20.8 Å². The molecule has 0 fully saturated rings. The number of carbonyl (C=O) groups excluding carboxylic acids is 1. The number of fused-ring (bicyclic) bond motifs is 3. The van der Waals surface area contributed by atoms with Gasteiger partial charge in [0.15, 0.2) is 8.32 Å². The zero-order valence-electron chi connectivity index (χ0n) is 24.5. The second-order valence-electron chi connectivity index (χ2n) is 13.3. The van der Waals surface area contributed by atoms with E-state index in [2.05, 4.69) is 118 Å². The standard InChI is InChI=1S/C34H45NO2Si/c1-32(2,3)31(36)23-22-26(24-37-38(7,8)33(4,5)6)35-34(25-16-10-9-11-17-25)29-20-14-12-18-27(29)28-19-13-15-21-30(28)34/h9-21,26,35H,22-24H2,1-8H3/t26-/m0/s1. The van der Waals surface area contributed by atoms with Crippen LogP contribution >= 0.6 is 0 Å². The molecule has 3 aromatic rings. The third-order valence-electron chi connectivity index (χ3n) is 8.59. The van der Waals surface area contributed by atoms with Crippen LogP contribution in [-0.4, -0.2) is 26.7 Å². The quantitative estimate of drug-likeness (QED) is 0.284. The highest BCUT2D eigenvalue weighted by Gasteiger charge is 2.46. The van der Waals surface area contributed by atoms with Crippen molar-refractivity contribution in [2.75, 3.05) is 6.61 Å². The lowest BCUT2D eigenvalue weighted by molar-refractivity contribution is -0.126. The molecule has 0 unspecified atom stereocenters. The molecule has 0 radical (unpaired) electrons. The number of Topliss-reactive ketones (excluding diaryl/α,β-unsaturated/α-hetero) is 1. The third-order valence-corrected chi connectivity index (χ3v) is 13.1. The van der Waals surface area contributed by atoms with Gasteiger partial charge in [-0.1, -0.05) is 120 Å². The van der Waals surface area contributed by atoms with Crippen LogP contribution in [0.1, 0.15) is 71.1 Å². The van der Waals surface area contributed by atoms with E-state index in [9.17, 15) is 4.79 Å². The summed E-state index contributed by atoms with van der Waals surface area (Å²) in [5.41, 5.74) is 5.36. The van der Waals surface area contributed by atoms with Crippen molar-refractivity contribution in [3.05, 3.63) is 95.6 Å². The van der Waals surface area contributed by atoms with Crippen molar-refractivity contribution in [3.63, 3.8) is 0 Å². The highest BCUT2D eigenvalue weighted by molar-refractivity contribution is 6.74. The molecule has 1 aliphatic rings. The van der Waals surface area contributed by atoms with Crippen molar-refractivity contribution in [1.29, 1.82) is 0 Å². The van der Waals surface area contributed by atoms with Crippen molar-refractivity contribution in [1.82, 2.24) is 5.32 Å². The van der Waals surface area contributed by atoms with Crippen molar-refractivity contribution >= 4 is 14.1 Å². The Labute approximate surface area is 231 Å². The summed E-state index contributed by atoms with van der Waals surface area (Å²) in [5.74, 6) is 0.289. The fourth-order valence-corrected chi connectivity index (χ4v) is 6.23. The highest BCUT2D eigenvalue weighted by Crippen LogP contribution is 2.51. The number of hydrogen-bond acceptors (Lipinski definition) is 3. The maximum atomic E-state index is 13.1. The molecule has 3 nitrogen and oxygen atoms in total. The Bertz CT molecular complexity index is 1220. The van der Waals surface area contributed by atoms with E-state index in [0.717, 1.165) is 6.42 Å². The highest BCUT2D eigenvalue weighted by atomic mass is 28.4. The van der Waals surface area contributed by atoms with Gasteiger partial charge in [-0.2, -0.15) is 0 Å². The second kappa shape index (κ2) is 10.6. The maximum absolute atomic E-state index is 13.1. The predicted octanol–water partition coefficient (Wildman–Crippen LogP) is 8.33. The Balaban J connectivity index is 1.81. The van der Waals surface area contributed by atoms with Crippen LogP contribution in [0.2, 0.25) is 18.1 Å². The maximum Gasteiger partial charge on any atom is 0.192 e. The number of rotatable bonds is 9. The van der Waals surface area contributed by atoms with E-state index < -0.39 is 13.9 Å². The molecular weight excluding hydrogens is 482 g/mol. The molecule has 0 spiro atoms. The Hall–Kier alpha value is -2.53. The molecule has 1 N–H and O–H groups in total. The minimum absolute atomic E-state index is 0.00477. The molecule has 0 aromatic heterocycles. The zero-order valence-corrected chi connectivity index (χ0v) is 25.5. The molecule has 1 atom stereocenters. The van der Waals surface area contributed by atoms with Crippen LogP contribution < -0.4 is 5.32 Å². The van der Waals surface area contributed by atoms with Gasteiger partial charge < -0.3 is 4.43 Å². The van der Waals surface area contributed by atoms with Crippen molar-refractivity contribution in [2.24, 2.45) is 5.41 Å². The fraction of sp³-hybridized carbons (Fsp3) is 0.441. The van der Waals surface area contributed by atoms with Gasteiger partial charge in [-0.05, 0) is 52.4 Å². The summed E-state index contributed by atoms with van der Waals surface area (Å²) >= 11 is 0. The molecule has 38 heavy (non-hydrogen) atoms. The molecule has 0 aliphatic heterocycles. The topological polar surface area (TPSA) is 38.3 Å². The summed E-state index contributed by atoms with van der Waals surface area (Å²) in [4.78, 5) is 13.1. The SMILES string of the molecule is CC(C)(C)C(=O)CC[C@@H](CO[Si](C)(C)C(C)(C)C)NC1(c2ccccc2)c2ccccc2-c2ccccc21. The molecule has 0 bridgehead atoms. The summed E-state index contributed by atoms with van der Waals surface area (Å²) in [6.45, 7) is 18.1. The van der Waals surface area contributed by atoms with Gasteiger partial charge >= 0.3 is 0 Å². The first kappa shape index (κ1) is 28.5. The van der Waals surface area contributed by atoms with Crippen molar-refractivity contribution < 1.29 is 9.22 Å². The Morgan fingerprint density at radius 2 is 1.32 bits per heavy atom. The van der Waals surface area contributed by atoms with Crippen LogP contribution in [0.15, 0.2) is 78.9 Å². The molecule has 202 valence electrons. The smallest absolute Gasteiger partial charge is 0.192 e. The number of benzene rings is 3. The van der Waals surface area contributed by atoms with Crippen LogP contribution in [0.5, 0.6) is 0 Å². The number of nitrogens with one attached hydrogen (secondary N) is 1. The predicted molar refractivity (Wildman–Crippen MR) is 162 cm³/mol. The van der Waals surface area contributed by atoms with Gasteiger partial charge in [0.05, 0.1) is 5.54 Å². The first-order valence-corrected chi connectivity index (χ1v) is 16.9. The first-order valence-electron chi connectivity index (χ1n) is 14.0. The number of carbonyl (C=O) groups is 1. The third kappa shape index (κ3) is 5.45. The average Bonchev–Trinajstić information content (AvgIpc) is 3.15. The fourth-order valence-electron chi connectivity index (χ4n) is 5.18. The molecule has 0 saturated carbocycles. The van der Waals surface area contributed by atoms with Crippen LogP contribution in [0.3, 0.4) is 0 Å². The summed E-state index contributed by atoms with van der Waals surface area (Å²) in [7, 11) is -1.99. The minimum Gasteiger partial charge on any atom is -0.415 e. The summed E-state index contributed by atoms with van der Waals surface area (Å²) in [6, 6.07) is 28.2. The van der Waals surface area contributed by atoms with Gasteiger partial charge in [-0.15, -0.1) is 0 Å². The Morgan fingerprint density at radius 3 is 1.82 bits per heavy atom. The summed E-state index contributed by atoms with van der Waals surface area (Å²) in [5, 5.41) is 4.25. The molecule has 4 rings (SSSR count). The molecule has 1 aliphatic carbocycles. The van der Waals surface area contributed by atoms with E-state index in [1.54, 1.807) is 0 Å². The van der Waals surface area contributed by atoms with Crippen LogP contribution in [0.4, 0.5) is 0 Å². The van der Waals surface area contributed by atoms with Gasteiger partial charge in [0.25, 0.3) is 0 Å². The lowest BCUT2D eigenvalue weighted by Gasteiger charge is -2.41. The zero-order chi connectivity index (χ0) is 27.8. The molecular formula is C34H45NO2Si. The molecule has 0 amide bonds. The minimum atomic E-state index is -1.99. The van der Waals surface area contributed by atoms with Gasteiger partial charge in [-0.3, -0.25) is 10.1 Å².